The number of nitriles is 1. The zero-order valence-corrected chi connectivity index (χ0v) is 17.4. The normalized spacial score (nSPS) is 16.0. The lowest BCUT2D eigenvalue weighted by molar-refractivity contribution is 0.603. The van der Waals surface area contributed by atoms with Gasteiger partial charge in [-0.25, -0.2) is 13.4 Å². The van der Waals surface area contributed by atoms with Crippen molar-refractivity contribution in [1.82, 2.24) is 0 Å². The van der Waals surface area contributed by atoms with Crippen LogP contribution < -0.4 is 5.32 Å². The molecule has 0 radical (unpaired) electrons. The predicted octanol–water partition coefficient (Wildman–Crippen LogP) is 5.06. The average Bonchev–Trinajstić information content (AvgIpc) is 3.08. The average molecular weight is 414 g/mol. The number of rotatable bonds is 3. The molecule has 1 aliphatic rings. The van der Waals surface area contributed by atoms with Crippen molar-refractivity contribution in [3.05, 3.63) is 100 Å². The SMILES string of the molecule is Cc1ccc(N=C2/C(=C(\C#N)S(=O)(=O)c3ccccc3)Nc3ccc(C)cc32)cc1. The molecule has 6 heteroatoms. The lowest BCUT2D eigenvalue weighted by Gasteiger charge is -2.08. The Morgan fingerprint density at radius 2 is 1.60 bits per heavy atom. The Morgan fingerprint density at radius 1 is 0.933 bits per heavy atom. The van der Waals surface area contributed by atoms with E-state index >= 15 is 0 Å². The third-order valence-corrected chi connectivity index (χ3v) is 6.58. The van der Waals surface area contributed by atoms with Gasteiger partial charge in [0.1, 0.15) is 6.07 Å². The van der Waals surface area contributed by atoms with Gasteiger partial charge in [0.05, 0.1) is 22.0 Å². The van der Waals surface area contributed by atoms with Crippen LogP contribution in [0.25, 0.3) is 0 Å². The summed E-state index contributed by atoms with van der Waals surface area (Å²) in [5.41, 5.74) is 4.91. The molecule has 1 aliphatic heterocycles. The van der Waals surface area contributed by atoms with Gasteiger partial charge in [-0.05, 0) is 50.2 Å². The number of fused-ring (bicyclic) bond motifs is 1. The highest BCUT2D eigenvalue weighted by Gasteiger charge is 2.32. The molecule has 3 aromatic carbocycles. The molecule has 1 N–H and O–H groups in total. The van der Waals surface area contributed by atoms with Gasteiger partial charge < -0.3 is 5.32 Å². The van der Waals surface area contributed by atoms with Gasteiger partial charge in [-0.2, -0.15) is 5.26 Å². The number of nitrogens with one attached hydrogen (secondary N) is 1. The molecule has 0 saturated heterocycles. The fourth-order valence-electron chi connectivity index (χ4n) is 3.29. The Bertz CT molecular complexity index is 1330. The van der Waals surface area contributed by atoms with Crippen LogP contribution in [0.2, 0.25) is 0 Å². The molecule has 0 spiro atoms. The maximum absolute atomic E-state index is 13.2. The van der Waals surface area contributed by atoms with E-state index in [1.54, 1.807) is 18.2 Å². The van der Waals surface area contributed by atoms with Gasteiger partial charge in [0, 0.05) is 11.3 Å². The molecule has 0 saturated carbocycles. The van der Waals surface area contributed by atoms with Crippen molar-refractivity contribution in [2.45, 2.75) is 18.7 Å². The van der Waals surface area contributed by atoms with Crippen LogP contribution in [0.3, 0.4) is 0 Å². The summed E-state index contributed by atoms with van der Waals surface area (Å²) in [5, 5.41) is 13.0. The number of hydrogen-bond donors (Lipinski definition) is 1. The van der Waals surface area contributed by atoms with Crippen LogP contribution >= 0.6 is 0 Å². The summed E-state index contributed by atoms with van der Waals surface area (Å²) in [6.07, 6.45) is 0. The first kappa shape index (κ1) is 19.6. The first-order valence-corrected chi connectivity index (χ1v) is 10.9. The maximum Gasteiger partial charge on any atom is 0.218 e. The maximum atomic E-state index is 13.2. The number of sulfone groups is 1. The van der Waals surface area contributed by atoms with Crippen molar-refractivity contribution >= 4 is 26.9 Å². The summed E-state index contributed by atoms with van der Waals surface area (Å²) in [7, 11) is -4.02. The molecule has 148 valence electrons. The molecule has 4 rings (SSSR count). The van der Waals surface area contributed by atoms with Crippen LogP contribution in [-0.4, -0.2) is 14.1 Å². The summed E-state index contributed by atoms with van der Waals surface area (Å²) in [6.45, 7) is 3.94. The van der Waals surface area contributed by atoms with E-state index in [-0.39, 0.29) is 15.5 Å². The van der Waals surface area contributed by atoms with Crippen LogP contribution in [-0.2, 0) is 9.84 Å². The Hall–Kier alpha value is -3.69. The van der Waals surface area contributed by atoms with Crippen LogP contribution in [0.1, 0.15) is 16.7 Å². The molecule has 0 bridgehead atoms. The van der Waals surface area contributed by atoms with Gasteiger partial charge in [-0.1, -0.05) is 47.5 Å². The number of aryl methyl sites for hydroxylation is 2. The van der Waals surface area contributed by atoms with Gasteiger partial charge in [0.15, 0.2) is 4.91 Å². The molecule has 0 fully saturated rings. The number of allylic oxidation sites excluding steroid dienone is 2. The molecule has 1 heterocycles. The second-order valence-electron chi connectivity index (χ2n) is 7.10. The van der Waals surface area contributed by atoms with Crippen LogP contribution in [0.4, 0.5) is 11.4 Å². The van der Waals surface area contributed by atoms with Gasteiger partial charge in [-0.3, -0.25) is 0 Å². The highest BCUT2D eigenvalue weighted by Crippen LogP contribution is 2.35. The standard InChI is InChI=1S/C24H19N3O2S/c1-16-8-11-18(12-9-16)26-23-20-14-17(2)10-13-21(20)27-24(23)22(15-25)30(28,29)19-6-4-3-5-7-19/h3-14,27H,1-2H3/b24-22-,26-23?. The number of benzene rings is 3. The molecule has 3 aromatic rings. The molecule has 0 aliphatic carbocycles. The third kappa shape index (κ3) is 3.51. The van der Waals surface area contributed by atoms with E-state index in [1.807, 2.05) is 62.4 Å². The van der Waals surface area contributed by atoms with Gasteiger partial charge in [0.2, 0.25) is 9.84 Å². The van der Waals surface area contributed by atoms with Crippen LogP contribution in [0.5, 0.6) is 0 Å². The van der Waals surface area contributed by atoms with E-state index < -0.39 is 9.84 Å². The van der Waals surface area contributed by atoms with E-state index in [2.05, 4.69) is 5.32 Å². The van der Waals surface area contributed by atoms with Crippen molar-refractivity contribution < 1.29 is 8.42 Å². The van der Waals surface area contributed by atoms with E-state index in [9.17, 15) is 13.7 Å². The fraction of sp³-hybridized carbons (Fsp3) is 0.0833. The fourth-order valence-corrected chi connectivity index (χ4v) is 4.58. The quantitative estimate of drug-likeness (QED) is 0.609. The van der Waals surface area contributed by atoms with E-state index in [1.165, 1.54) is 12.1 Å². The largest absolute Gasteiger partial charge is 0.352 e. The first-order chi connectivity index (χ1) is 14.4. The lowest BCUT2D eigenvalue weighted by atomic mass is 10.1. The van der Waals surface area contributed by atoms with Gasteiger partial charge in [0.25, 0.3) is 0 Å². The summed E-state index contributed by atoms with van der Waals surface area (Å²) in [5.74, 6) is 0. The van der Waals surface area contributed by atoms with Crippen molar-refractivity contribution in [1.29, 1.82) is 5.26 Å². The van der Waals surface area contributed by atoms with E-state index in [4.69, 9.17) is 4.99 Å². The minimum Gasteiger partial charge on any atom is -0.352 e. The Balaban J connectivity index is 1.97. The van der Waals surface area contributed by atoms with Gasteiger partial charge in [-0.15, -0.1) is 0 Å². The molecule has 0 atom stereocenters. The van der Waals surface area contributed by atoms with Crippen molar-refractivity contribution in [2.75, 3.05) is 5.32 Å². The summed E-state index contributed by atoms with van der Waals surface area (Å²) >= 11 is 0. The van der Waals surface area contributed by atoms with E-state index in [0.717, 1.165) is 22.4 Å². The summed E-state index contributed by atoms with van der Waals surface area (Å²) in [6, 6.07) is 23.2. The zero-order chi connectivity index (χ0) is 21.3. The highest BCUT2D eigenvalue weighted by atomic mass is 32.2. The van der Waals surface area contributed by atoms with Crippen molar-refractivity contribution in [3.8, 4) is 6.07 Å². The Morgan fingerprint density at radius 3 is 2.27 bits per heavy atom. The lowest BCUT2D eigenvalue weighted by Crippen LogP contribution is -2.13. The third-order valence-electron chi connectivity index (χ3n) is 4.85. The molecule has 5 nitrogen and oxygen atoms in total. The minimum atomic E-state index is -4.02. The smallest absolute Gasteiger partial charge is 0.218 e. The second kappa shape index (κ2) is 7.62. The molecule has 0 amide bonds. The molecular weight excluding hydrogens is 394 g/mol. The van der Waals surface area contributed by atoms with Crippen LogP contribution in [0.15, 0.2) is 93.3 Å². The summed E-state index contributed by atoms with van der Waals surface area (Å²) < 4.78 is 26.5. The predicted molar refractivity (Wildman–Crippen MR) is 118 cm³/mol. The number of nitrogens with zero attached hydrogens (tertiary/aromatic N) is 2. The number of anilines is 1. The zero-order valence-electron chi connectivity index (χ0n) is 16.5. The molecule has 30 heavy (non-hydrogen) atoms. The second-order valence-corrected chi connectivity index (χ2v) is 8.99. The van der Waals surface area contributed by atoms with Crippen molar-refractivity contribution in [3.63, 3.8) is 0 Å². The first-order valence-electron chi connectivity index (χ1n) is 9.38. The van der Waals surface area contributed by atoms with Gasteiger partial charge >= 0.3 is 0 Å². The highest BCUT2D eigenvalue weighted by molar-refractivity contribution is 7.95. The molecule has 0 unspecified atom stereocenters. The Labute approximate surface area is 176 Å². The monoisotopic (exact) mass is 413 g/mol. The van der Waals surface area contributed by atoms with Crippen LogP contribution in [0, 0.1) is 25.2 Å². The minimum absolute atomic E-state index is 0.0673. The number of aliphatic imine (C=N–C) groups is 1. The Kier molecular flexibility index (Phi) is 4.98. The van der Waals surface area contributed by atoms with Crippen molar-refractivity contribution in [2.24, 2.45) is 4.99 Å². The molecular formula is C24H19N3O2S. The van der Waals surface area contributed by atoms with E-state index in [0.29, 0.717) is 11.4 Å². The topological polar surface area (TPSA) is 82.3 Å². The number of hydrogen-bond acceptors (Lipinski definition) is 5. The molecule has 0 aromatic heterocycles. The summed E-state index contributed by atoms with van der Waals surface area (Å²) in [4.78, 5) is 4.43.